The summed E-state index contributed by atoms with van der Waals surface area (Å²) in [5, 5.41) is 7.09. The van der Waals surface area contributed by atoms with Crippen LogP contribution in [0.2, 0.25) is 0 Å². The number of nitrogens with zero attached hydrogens (tertiary/aromatic N) is 2. The highest BCUT2D eigenvalue weighted by atomic mass is 15.2. The Kier molecular flexibility index (Phi) is 5.14. The third-order valence-corrected chi connectivity index (χ3v) is 5.24. The van der Waals surface area contributed by atoms with E-state index in [0.29, 0.717) is 12.0 Å². The molecule has 2 fully saturated rings. The van der Waals surface area contributed by atoms with E-state index >= 15 is 0 Å². The molecule has 4 rings (SSSR count). The van der Waals surface area contributed by atoms with Gasteiger partial charge in [0.1, 0.15) is 5.82 Å². The van der Waals surface area contributed by atoms with Crippen LogP contribution in [0.25, 0.3) is 0 Å². The fourth-order valence-corrected chi connectivity index (χ4v) is 3.62. The minimum Gasteiger partial charge on any atom is -0.370 e. The molecular formula is C21H28N4. The fraction of sp³-hybridized carbons (Fsp3) is 0.524. The molecule has 4 heteroatoms. The molecule has 0 atom stereocenters. The van der Waals surface area contributed by atoms with Crippen LogP contribution in [-0.2, 0) is 6.42 Å². The van der Waals surface area contributed by atoms with Gasteiger partial charge in [0.15, 0.2) is 0 Å². The van der Waals surface area contributed by atoms with Crippen molar-refractivity contribution < 1.29 is 0 Å². The molecule has 2 saturated carbocycles. The average molecular weight is 336 g/mol. The van der Waals surface area contributed by atoms with E-state index in [-0.39, 0.29) is 0 Å². The molecule has 1 aromatic heterocycles. The molecule has 132 valence electrons. The second kappa shape index (κ2) is 7.85. The molecule has 1 heterocycles. The average Bonchev–Trinajstić information content (AvgIpc) is 3.49. The quantitative estimate of drug-likeness (QED) is 0.766. The van der Waals surface area contributed by atoms with E-state index in [1.807, 2.05) is 0 Å². The fourth-order valence-electron chi connectivity index (χ4n) is 3.62. The van der Waals surface area contributed by atoms with Crippen molar-refractivity contribution in [2.24, 2.45) is 0 Å². The Morgan fingerprint density at radius 1 is 0.920 bits per heavy atom. The number of hydrogen-bond donors (Lipinski definition) is 2. The molecule has 0 radical (unpaired) electrons. The Balaban J connectivity index is 1.41. The van der Waals surface area contributed by atoms with Crippen molar-refractivity contribution in [3.63, 3.8) is 0 Å². The first kappa shape index (κ1) is 16.4. The lowest BCUT2D eigenvalue weighted by Crippen LogP contribution is -2.24. The van der Waals surface area contributed by atoms with Crippen molar-refractivity contribution in [3.8, 4) is 0 Å². The number of benzene rings is 1. The summed E-state index contributed by atoms with van der Waals surface area (Å²) in [5.74, 6) is 2.43. The standard InChI is InChI=1S/C21H28N4/c1-3-7-16(8-4-1)13-14-22-20-15-19(17-11-12-17)24-21(25-20)23-18-9-5-2-6-10-18/h1,3-4,7-8,15,17-18H,2,5-6,9-14H2,(H2,22,23,24,25). The Hall–Kier alpha value is -2.10. The van der Waals surface area contributed by atoms with Crippen LogP contribution >= 0.6 is 0 Å². The van der Waals surface area contributed by atoms with Gasteiger partial charge in [-0.25, -0.2) is 4.98 Å². The molecule has 2 aromatic rings. The number of hydrogen-bond acceptors (Lipinski definition) is 4. The van der Waals surface area contributed by atoms with Gasteiger partial charge in [0.25, 0.3) is 0 Å². The molecule has 0 aliphatic heterocycles. The summed E-state index contributed by atoms with van der Waals surface area (Å²) in [6.07, 6.45) is 10.0. The molecule has 0 bridgehead atoms. The molecule has 0 spiro atoms. The first-order chi connectivity index (χ1) is 12.4. The first-order valence-electron chi connectivity index (χ1n) is 9.80. The summed E-state index contributed by atoms with van der Waals surface area (Å²) < 4.78 is 0. The highest BCUT2D eigenvalue weighted by molar-refractivity contribution is 5.44. The van der Waals surface area contributed by atoms with Gasteiger partial charge in [0, 0.05) is 24.6 Å². The predicted molar refractivity (Wildman–Crippen MR) is 103 cm³/mol. The van der Waals surface area contributed by atoms with Gasteiger partial charge in [0.2, 0.25) is 5.95 Å². The summed E-state index contributed by atoms with van der Waals surface area (Å²) in [5.41, 5.74) is 2.56. The van der Waals surface area contributed by atoms with Crippen molar-refractivity contribution in [1.82, 2.24) is 9.97 Å². The van der Waals surface area contributed by atoms with Crippen molar-refractivity contribution in [1.29, 1.82) is 0 Å². The normalized spacial score (nSPS) is 18.1. The largest absolute Gasteiger partial charge is 0.370 e. The molecule has 0 saturated heterocycles. The Morgan fingerprint density at radius 2 is 1.72 bits per heavy atom. The monoisotopic (exact) mass is 336 g/mol. The lowest BCUT2D eigenvalue weighted by atomic mass is 9.96. The van der Waals surface area contributed by atoms with Gasteiger partial charge in [-0.15, -0.1) is 0 Å². The number of rotatable bonds is 7. The van der Waals surface area contributed by atoms with Gasteiger partial charge in [-0.3, -0.25) is 0 Å². The zero-order valence-corrected chi connectivity index (χ0v) is 14.9. The van der Waals surface area contributed by atoms with Gasteiger partial charge in [0.05, 0.1) is 5.69 Å². The van der Waals surface area contributed by atoms with Crippen LogP contribution in [0.1, 0.15) is 62.1 Å². The summed E-state index contributed by atoms with van der Waals surface area (Å²) in [6, 6.07) is 13.3. The molecule has 0 unspecified atom stereocenters. The molecule has 0 amide bonds. The third-order valence-electron chi connectivity index (χ3n) is 5.24. The van der Waals surface area contributed by atoms with E-state index in [1.165, 1.54) is 56.2 Å². The highest BCUT2D eigenvalue weighted by Gasteiger charge is 2.26. The summed E-state index contributed by atoms with van der Waals surface area (Å²) in [4.78, 5) is 9.53. The van der Waals surface area contributed by atoms with Crippen molar-refractivity contribution >= 4 is 11.8 Å². The summed E-state index contributed by atoms with van der Waals surface area (Å²) in [6.45, 7) is 0.897. The minimum absolute atomic E-state index is 0.542. The van der Waals surface area contributed by atoms with Crippen LogP contribution in [0.3, 0.4) is 0 Å². The van der Waals surface area contributed by atoms with Gasteiger partial charge in [-0.1, -0.05) is 49.6 Å². The minimum atomic E-state index is 0.542. The maximum Gasteiger partial charge on any atom is 0.225 e. The predicted octanol–water partition coefficient (Wildman–Crippen LogP) is 4.75. The molecule has 2 aliphatic rings. The Bertz CT molecular complexity index is 676. The molecule has 2 N–H and O–H groups in total. The second-order valence-electron chi connectivity index (χ2n) is 7.42. The molecular weight excluding hydrogens is 308 g/mol. The van der Waals surface area contributed by atoms with E-state index in [0.717, 1.165) is 24.7 Å². The van der Waals surface area contributed by atoms with Gasteiger partial charge in [-0.2, -0.15) is 4.98 Å². The zero-order chi connectivity index (χ0) is 16.9. The maximum atomic E-state index is 4.79. The van der Waals surface area contributed by atoms with Crippen LogP contribution in [0.15, 0.2) is 36.4 Å². The number of anilines is 2. The third kappa shape index (κ3) is 4.71. The molecule has 4 nitrogen and oxygen atoms in total. The molecule has 2 aliphatic carbocycles. The van der Waals surface area contributed by atoms with E-state index in [4.69, 9.17) is 9.97 Å². The maximum absolute atomic E-state index is 4.79. The smallest absolute Gasteiger partial charge is 0.225 e. The Morgan fingerprint density at radius 3 is 2.48 bits per heavy atom. The summed E-state index contributed by atoms with van der Waals surface area (Å²) in [7, 11) is 0. The molecule has 1 aromatic carbocycles. The highest BCUT2D eigenvalue weighted by Crippen LogP contribution is 2.40. The van der Waals surface area contributed by atoms with Gasteiger partial charge >= 0.3 is 0 Å². The lowest BCUT2D eigenvalue weighted by molar-refractivity contribution is 0.460. The Labute approximate surface area is 150 Å². The number of aromatic nitrogens is 2. The summed E-state index contributed by atoms with van der Waals surface area (Å²) >= 11 is 0. The van der Waals surface area contributed by atoms with Crippen LogP contribution in [0.4, 0.5) is 11.8 Å². The van der Waals surface area contributed by atoms with E-state index < -0.39 is 0 Å². The van der Waals surface area contributed by atoms with Crippen molar-refractivity contribution in [2.45, 2.75) is 63.3 Å². The van der Waals surface area contributed by atoms with Crippen LogP contribution in [-0.4, -0.2) is 22.6 Å². The van der Waals surface area contributed by atoms with E-state index in [9.17, 15) is 0 Å². The topological polar surface area (TPSA) is 49.8 Å². The SMILES string of the molecule is c1ccc(CCNc2cc(C3CC3)nc(NC3CCCCC3)n2)cc1. The van der Waals surface area contributed by atoms with Crippen LogP contribution < -0.4 is 10.6 Å². The number of nitrogens with one attached hydrogen (secondary N) is 2. The molecule has 25 heavy (non-hydrogen) atoms. The van der Waals surface area contributed by atoms with E-state index in [2.05, 4.69) is 47.0 Å². The van der Waals surface area contributed by atoms with Crippen molar-refractivity contribution in [2.75, 3.05) is 17.2 Å². The van der Waals surface area contributed by atoms with Gasteiger partial charge < -0.3 is 10.6 Å². The van der Waals surface area contributed by atoms with Crippen molar-refractivity contribution in [3.05, 3.63) is 47.7 Å². The second-order valence-corrected chi connectivity index (χ2v) is 7.42. The zero-order valence-electron chi connectivity index (χ0n) is 14.9. The van der Waals surface area contributed by atoms with Gasteiger partial charge in [-0.05, 0) is 37.7 Å². The lowest BCUT2D eigenvalue weighted by Gasteiger charge is -2.23. The van der Waals surface area contributed by atoms with Crippen LogP contribution in [0, 0.1) is 0 Å². The van der Waals surface area contributed by atoms with Crippen LogP contribution in [0.5, 0.6) is 0 Å². The van der Waals surface area contributed by atoms with E-state index in [1.54, 1.807) is 0 Å². The first-order valence-corrected chi connectivity index (χ1v) is 9.80.